The van der Waals surface area contributed by atoms with Gasteiger partial charge in [-0.1, -0.05) is 20.8 Å². The lowest BCUT2D eigenvalue weighted by Gasteiger charge is -2.26. The molecular weight excluding hydrogens is 218 g/mol. The average Bonchev–Trinajstić information content (AvgIpc) is 2.62. The third-order valence-corrected chi connectivity index (χ3v) is 3.70. The molecule has 1 N–H and O–H groups in total. The van der Waals surface area contributed by atoms with Crippen LogP contribution in [0.15, 0.2) is 6.20 Å². The van der Waals surface area contributed by atoms with E-state index in [4.69, 9.17) is 0 Å². The summed E-state index contributed by atoms with van der Waals surface area (Å²) < 4.78 is 0. The number of nitrogens with zero attached hydrogens (tertiary/aromatic N) is 2. The summed E-state index contributed by atoms with van der Waals surface area (Å²) in [5.41, 5.74) is 0.301. The molecule has 0 radical (unpaired) electrons. The van der Waals surface area contributed by atoms with Crippen molar-refractivity contribution >= 4 is 16.5 Å². The van der Waals surface area contributed by atoms with Crippen LogP contribution in [-0.2, 0) is 0 Å². The van der Waals surface area contributed by atoms with Crippen LogP contribution in [0.5, 0.6) is 0 Å². The van der Waals surface area contributed by atoms with Crippen LogP contribution in [0.2, 0.25) is 0 Å². The minimum Gasteiger partial charge on any atom is -0.351 e. The van der Waals surface area contributed by atoms with Gasteiger partial charge < -0.3 is 10.2 Å². The number of hydrogen-bond acceptors (Lipinski definition) is 4. The Hall–Kier alpha value is -0.610. The molecule has 0 aliphatic rings. The fourth-order valence-electron chi connectivity index (χ4n) is 1.58. The van der Waals surface area contributed by atoms with E-state index in [0.717, 1.165) is 11.7 Å². The smallest absolute Gasteiger partial charge is 0.185 e. The highest BCUT2D eigenvalue weighted by molar-refractivity contribution is 7.15. The number of nitrogens with one attached hydrogen (secondary N) is 1. The zero-order valence-corrected chi connectivity index (χ0v) is 12.0. The maximum Gasteiger partial charge on any atom is 0.185 e. The molecule has 1 aromatic rings. The number of hydrogen-bond donors (Lipinski definition) is 1. The van der Waals surface area contributed by atoms with E-state index in [1.807, 2.05) is 13.2 Å². The SMILES string of the molecule is CNC(C)c1cnc(N(C)CC(C)(C)C)s1. The number of aromatic nitrogens is 1. The molecule has 0 aliphatic heterocycles. The van der Waals surface area contributed by atoms with E-state index < -0.39 is 0 Å². The maximum atomic E-state index is 4.47. The van der Waals surface area contributed by atoms with Gasteiger partial charge in [-0.3, -0.25) is 0 Å². The first kappa shape index (κ1) is 13.5. The van der Waals surface area contributed by atoms with E-state index in [9.17, 15) is 0 Å². The summed E-state index contributed by atoms with van der Waals surface area (Å²) in [5, 5.41) is 4.34. The molecule has 92 valence electrons. The van der Waals surface area contributed by atoms with E-state index in [2.05, 4.69) is 49.9 Å². The van der Waals surface area contributed by atoms with E-state index in [-0.39, 0.29) is 0 Å². The highest BCUT2D eigenvalue weighted by Crippen LogP contribution is 2.28. The summed E-state index contributed by atoms with van der Waals surface area (Å²) in [6, 6.07) is 0.384. The summed E-state index contributed by atoms with van der Waals surface area (Å²) >= 11 is 1.77. The van der Waals surface area contributed by atoms with Crippen molar-refractivity contribution in [3.8, 4) is 0 Å². The second-order valence-corrected chi connectivity index (χ2v) is 6.51. The Morgan fingerprint density at radius 2 is 2.12 bits per heavy atom. The lowest BCUT2D eigenvalue weighted by molar-refractivity contribution is 0.419. The Labute approximate surface area is 103 Å². The van der Waals surface area contributed by atoms with Gasteiger partial charge in [0.15, 0.2) is 5.13 Å². The third-order valence-electron chi connectivity index (χ3n) is 2.41. The Morgan fingerprint density at radius 1 is 1.50 bits per heavy atom. The zero-order valence-electron chi connectivity index (χ0n) is 11.2. The van der Waals surface area contributed by atoms with Crippen molar-refractivity contribution in [2.24, 2.45) is 5.41 Å². The fourth-order valence-corrected chi connectivity index (χ4v) is 2.51. The molecule has 0 fully saturated rings. The van der Waals surface area contributed by atoms with Gasteiger partial charge in [-0.2, -0.15) is 0 Å². The molecule has 0 aromatic carbocycles. The number of anilines is 1. The molecular formula is C12H23N3S. The predicted octanol–water partition coefficient (Wildman–Crippen LogP) is 2.91. The fraction of sp³-hybridized carbons (Fsp3) is 0.750. The normalized spacial score (nSPS) is 13.9. The van der Waals surface area contributed by atoms with Crippen LogP contribution in [-0.4, -0.2) is 25.6 Å². The van der Waals surface area contributed by atoms with Gasteiger partial charge in [-0.15, -0.1) is 11.3 Å². The molecule has 0 spiro atoms. The molecule has 1 aromatic heterocycles. The van der Waals surface area contributed by atoms with Crippen molar-refractivity contribution in [3.63, 3.8) is 0 Å². The summed E-state index contributed by atoms with van der Waals surface area (Å²) in [4.78, 5) is 8.00. The van der Waals surface area contributed by atoms with Gasteiger partial charge in [0, 0.05) is 30.7 Å². The first-order valence-corrected chi connectivity index (χ1v) is 6.49. The first-order valence-electron chi connectivity index (χ1n) is 5.67. The maximum absolute atomic E-state index is 4.47. The van der Waals surface area contributed by atoms with Crippen molar-refractivity contribution in [2.75, 3.05) is 25.5 Å². The lowest BCUT2D eigenvalue weighted by Crippen LogP contribution is -2.28. The second kappa shape index (κ2) is 5.15. The molecule has 0 aliphatic carbocycles. The van der Waals surface area contributed by atoms with Gasteiger partial charge in [-0.25, -0.2) is 4.98 Å². The van der Waals surface area contributed by atoms with Gasteiger partial charge in [0.2, 0.25) is 0 Å². The minimum atomic E-state index is 0.301. The Balaban J connectivity index is 2.70. The molecule has 1 heterocycles. The Morgan fingerprint density at radius 3 is 2.62 bits per heavy atom. The molecule has 0 saturated carbocycles. The van der Waals surface area contributed by atoms with Crippen molar-refractivity contribution in [1.29, 1.82) is 0 Å². The molecule has 1 unspecified atom stereocenters. The van der Waals surface area contributed by atoms with Crippen LogP contribution in [0.3, 0.4) is 0 Å². The van der Waals surface area contributed by atoms with Crippen molar-refractivity contribution in [3.05, 3.63) is 11.1 Å². The van der Waals surface area contributed by atoms with E-state index in [1.54, 1.807) is 11.3 Å². The standard InChI is InChI=1S/C12H23N3S/c1-9(13-5)10-7-14-11(16-10)15(6)8-12(2,3)4/h7,9,13H,8H2,1-6H3. The van der Waals surface area contributed by atoms with Crippen LogP contribution in [0.25, 0.3) is 0 Å². The zero-order chi connectivity index (χ0) is 12.3. The van der Waals surface area contributed by atoms with Crippen LogP contribution in [0.1, 0.15) is 38.6 Å². The lowest BCUT2D eigenvalue weighted by atomic mass is 9.96. The van der Waals surface area contributed by atoms with E-state index in [1.165, 1.54) is 4.88 Å². The second-order valence-electron chi connectivity index (χ2n) is 5.47. The van der Waals surface area contributed by atoms with Gasteiger partial charge >= 0.3 is 0 Å². The quantitative estimate of drug-likeness (QED) is 0.878. The van der Waals surface area contributed by atoms with Gasteiger partial charge in [0.05, 0.1) is 0 Å². The van der Waals surface area contributed by atoms with Crippen LogP contribution < -0.4 is 10.2 Å². The topological polar surface area (TPSA) is 28.2 Å². The molecule has 4 heteroatoms. The minimum absolute atomic E-state index is 0.301. The first-order chi connectivity index (χ1) is 7.33. The van der Waals surface area contributed by atoms with Crippen molar-refractivity contribution < 1.29 is 0 Å². The molecule has 0 saturated heterocycles. The summed E-state index contributed by atoms with van der Waals surface area (Å²) in [7, 11) is 4.08. The summed E-state index contributed by atoms with van der Waals surface area (Å²) in [5.74, 6) is 0. The van der Waals surface area contributed by atoms with Crippen LogP contribution in [0.4, 0.5) is 5.13 Å². The molecule has 0 bridgehead atoms. The van der Waals surface area contributed by atoms with E-state index >= 15 is 0 Å². The number of rotatable bonds is 4. The average molecular weight is 241 g/mol. The summed E-state index contributed by atoms with van der Waals surface area (Å²) in [6.45, 7) is 9.91. The molecule has 1 rings (SSSR count). The van der Waals surface area contributed by atoms with Gasteiger partial charge in [-0.05, 0) is 19.4 Å². The highest BCUT2D eigenvalue weighted by atomic mass is 32.1. The largest absolute Gasteiger partial charge is 0.351 e. The highest BCUT2D eigenvalue weighted by Gasteiger charge is 2.17. The van der Waals surface area contributed by atoms with Gasteiger partial charge in [0.25, 0.3) is 0 Å². The Bertz CT molecular complexity index is 327. The van der Waals surface area contributed by atoms with E-state index in [0.29, 0.717) is 11.5 Å². The number of thiazole rings is 1. The molecule has 16 heavy (non-hydrogen) atoms. The van der Waals surface area contributed by atoms with Crippen LogP contribution >= 0.6 is 11.3 Å². The molecule has 1 atom stereocenters. The van der Waals surface area contributed by atoms with Gasteiger partial charge in [0.1, 0.15) is 0 Å². The van der Waals surface area contributed by atoms with Crippen molar-refractivity contribution in [2.45, 2.75) is 33.7 Å². The monoisotopic (exact) mass is 241 g/mol. The van der Waals surface area contributed by atoms with Crippen molar-refractivity contribution in [1.82, 2.24) is 10.3 Å². The molecule has 0 amide bonds. The summed E-state index contributed by atoms with van der Waals surface area (Å²) in [6.07, 6.45) is 1.97. The Kier molecular flexibility index (Phi) is 4.33. The molecule has 3 nitrogen and oxygen atoms in total. The predicted molar refractivity (Wildman–Crippen MR) is 72.3 cm³/mol. The third kappa shape index (κ3) is 3.76. The van der Waals surface area contributed by atoms with Crippen LogP contribution in [0, 0.1) is 5.41 Å².